The van der Waals surface area contributed by atoms with Gasteiger partial charge in [0.05, 0.1) is 11.0 Å². The zero-order valence-corrected chi connectivity index (χ0v) is 16.6. The second kappa shape index (κ2) is 8.74. The van der Waals surface area contributed by atoms with Gasteiger partial charge in [-0.05, 0) is 67.5 Å². The first-order valence-electron chi connectivity index (χ1n) is 9.60. The highest BCUT2D eigenvalue weighted by Gasteiger charge is 2.28. The Morgan fingerprint density at radius 3 is 3.00 bits per heavy atom. The van der Waals surface area contributed by atoms with Crippen LogP contribution in [0.25, 0.3) is 10.9 Å². The van der Waals surface area contributed by atoms with Crippen molar-refractivity contribution in [2.45, 2.75) is 39.2 Å². The van der Waals surface area contributed by atoms with Crippen molar-refractivity contribution in [3.63, 3.8) is 0 Å². The third-order valence-electron chi connectivity index (χ3n) is 5.85. The molecule has 1 N–H and O–H groups in total. The molecule has 2 heterocycles. The van der Waals surface area contributed by atoms with Crippen LogP contribution in [0.3, 0.4) is 0 Å². The lowest BCUT2D eigenvalue weighted by Crippen LogP contribution is -2.45. The maximum absolute atomic E-state index is 4.93. The average Bonchev–Trinajstić information content (AvgIpc) is 2.67. The zero-order valence-electron chi connectivity index (χ0n) is 15.8. The summed E-state index contributed by atoms with van der Waals surface area (Å²) < 4.78 is 0. The van der Waals surface area contributed by atoms with E-state index in [0.717, 1.165) is 36.5 Å². The molecule has 1 aromatic heterocycles. The zero-order chi connectivity index (χ0) is 18.5. The van der Waals surface area contributed by atoms with Gasteiger partial charge < -0.3 is 5.32 Å². The summed E-state index contributed by atoms with van der Waals surface area (Å²) in [6.07, 6.45) is 7.54. The second-order valence-corrected chi connectivity index (χ2v) is 7.63. The van der Waals surface area contributed by atoms with Gasteiger partial charge >= 0.3 is 0 Å². The molecule has 0 spiro atoms. The molecule has 138 valence electrons. The summed E-state index contributed by atoms with van der Waals surface area (Å²) in [4.78, 5) is 7.20. The first-order valence-corrected chi connectivity index (χ1v) is 10.1. The van der Waals surface area contributed by atoms with E-state index in [1.807, 2.05) is 12.3 Å². The van der Waals surface area contributed by atoms with E-state index in [9.17, 15) is 0 Å². The molecule has 3 nitrogen and oxygen atoms in total. The van der Waals surface area contributed by atoms with Gasteiger partial charge in [-0.1, -0.05) is 32.1 Å². The first kappa shape index (κ1) is 19.0. The SMILES string of the molecule is C=CC1CN(C(CC)Cc2ccnc3ccc(NC=S)cc23)CCC1C. The van der Waals surface area contributed by atoms with E-state index in [1.165, 1.54) is 23.9 Å². The average molecular weight is 368 g/mol. The fourth-order valence-electron chi connectivity index (χ4n) is 4.09. The maximum atomic E-state index is 4.93. The van der Waals surface area contributed by atoms with Gasteiger partial charge in [-0.25, -0.2) is 0 Å². The summed E-state index contributed by atoms with van der Waals surface area (Å²) in [5, 5.41) is 4.34. The summed E-state index contributed by atoms with van der Waals surface area (Å²) in [6.45, 7) is 11.0. The van der Waals surface area contributed by atoms with Gasteiger partial charge in [0.2, 0.25) is 0 Å². The summed E-state index contributed by atoms with van der Waals surface area (Å²) in [5.41, 5.74) is 4.98. The van der Waals surface area contributed by atoms with Crippen LogP contribution in [0.15, 0.2) is 43.1 Å². The van der Waals surface area contributed by atoms with E-state index < -0.39 is 0 Å². The minimum Gasteiger partial charge on any atom is -0.353 e. The molecule has 4 heteroatoms. The summed E-state index contributed by atoms with van der Waals surface area (Å²) in [7, 11) is 0. The lowest BCUT2D eigenvalue weighted by atomic mass is 9.85. The largest absolute Gasteiger partial charge is 0.353 e. The fraction of sp³-hybridized carbons (Fsp3) is 0.455. The van der Waals surface area contributed by atoms with Crippen LogP contribution in [0.1, 0.15) is 32.3 Å². The Hall–Kier alpha value is -1.78. The van der Waals surface area contributed by atoms with Crippen molar-refractivity contribution in [3.05, 3.63) is 48.7 Å². The number of hydrogen-bond donors (Lipinski definition) is 1. The third-order valence-corrected chi connectivity index (χ3v) is 5.97. The molecule has 0 bridgehead atoms. The van der Waals surface area contributed by atoms with Gasteiger partial charge in [0.25, 0.3) is 0 Å². The highest BCUT2D eigenvalue weighted by Crippen LogP contribution is 2.28. The van der Waals surface area contributed by atoms with Crippen LogP contribution in [0.2, 0.25) is 0 Å². The molecule has 2 aromatic rings. The van der Waals surface area contributed by atoms with Crippen molar-refractivity contribution in [2.75, 3.05) is 18.4 Å². The number of anilines is 1. The van der Waals surface area contributed by atoms with E-state index >= 15 is 0 Å². The molecule has 3 unspecified atom stereocenters. The number of pyridine rings is 1. The third kappa shape index (κ3) is 4.13. The molecular formula is C22H29N3S. The Morgan fingerprint density at radius 1 is 1.42 bits per heavy atom. The van der Waals surface area contributed by atoms with Crippen LogP contribution >= 0.6 is 12.2 Å². The van der Waals surface area contributed by atoms with Gasteiger partial charge in [-0.3, -0.25) is 9.88 Å². The van der Waals surface area contributed by atoms with Crippen LogP contribution < -0.4 is 5.32 Å². The van der Waals surface area contributed by atoms with Crippen LogP contribution in [-0.2, 0) is 6.42 Å². The topological polar surface area (TPSA) is 28.2 Å². The van der Waals surface area contributed by atoms with Crippen molar-refractivity contribution in [1.82, 2.24) is 9.88 Å². The number of benzene rings is 1. The molecule has 3 atom stereocenters. The predicted octanol–water partition coefficient (Wildman–Crippen LogP) is 5.07. The lowest BCUT2D eigenvalue weighted by Gasteiger charge is -2.40. The number of fused-ring (bicyclic) bond motifs is 1. The Kier molecular flexibility index (Phi) is 6.38. The predicted molar refractivity (Wildman–Crippen MR) is 116 cm³/mol. The van der Waals surface area contributed by atoms with Crippen molar-refractivity contribution < 1.29 is 0 Å². The summed E-state index contributed by atoms with van der Waals surface area (Å²) >= 11 is 4.93. The van der Waals surface area contributed by atoms with Crippen LogP contribution in [0, 0.1) is 11.8 Å². The molecule has 0 aliphatic carbocycles. The van der Waals surface area contributed by atoms with Gasteiger partial charge in [0, 0.05) is 29.9 Å². The summed E-state index contributed by atoms with van der Waals surface area (Å²) in [5.74, 6) is 1.34. The molecule has 1 fully saturated rings. The quantitative estimate of drug-likeness (QED) is 0.546. The van der Waals surface area contributed by atoms with Crippen molar-refractivity contribution >= 4 is 34.3 Å². The number of rotatable bonds is 7. The maximum Gasteiger partial charge on any atom is 0.0706 e. The molecule has 0 saturated carbocycles. The number of nitrogens with one attached hydrogen (secondary N) is 1. The molecule has 1 aliphatic rings. The van der Waals surface area contributed by atoms with Gasteiger partial charge in [0.15, 0.2) is 0 Å². The molecule has 1 aliphatic heterocycles. The highest BCUT2D eigenvalue weighted by molar-refractivity contribution is 7.79. The van der Waals surface area contributed by atoms with E-state index in [-0.39, 0.29) is 0 Å². The number of thiocarbonyl (C=S) groups is 1. The highest BCUT2D eigenvalue weighted by atomic mass is 32.1. The number of piperidine rings is 1. The van der Waals surface area contributed by atoms with E-state index in [1.54, 1.807) is 5.49 Å². The number of nitrogens with zero attached hydrogens (tertiary/aromatic N) is 2. The van der Waals surface area contributed by atoms with Gasteiger partial charge in [-0.2, -0.15) is 0 Å². The number of hydrogen-bond acceptors (Lipinski definition) is 3. The second-order valence-electron chi connectivity index (χ2n) is 7.39. The monoisotopic (exact) mass is 367 g/mol. The molecule has 3 rings (SSSR count). The van der Waals surface area contributed by atoms with Gasteiger partial charge in [0.1, 0.15) is 0 Å². The standard InChI is InChI=1S/C22H29N3S/c1-4-17-14-25(11-9-16(17)3)20(5-2)12-18-8-10-23-22-7-6-19(24-15-26)13-21(18)22/h4,6-8,10,13,15-17,20H,1,5,9,11-12,14H2,2-3H3,(H,24,26). The normalized spacial score (nSPS) is 22.1. The van der Waals surface area contributed by atoms with Crippen molar-refractivity contribution in [1.29, 1.82) is 0 Å². The molecular weight excluding hydrogens is 338 g/mol. The molecule has 1 aromatic carbocycles. The number of aromatic nitrogens is 1. The Labute approximate surface area is 162 Å². The minimum absolute atomic E-state index is 0.553. The van der Waals surface area contributed by atoms with E-state index in [2.05, 4.69) is 59.9 Å². The Morgan fingerprint density at radius 2 is 2.27 bits per heavy atom. The van der Waals surface area contributed by atoms with E-state index in [4.69, 9.17) is 12.2 Å². The lowest BCUT2D eigenvalue weighted by molar-refractivity contribution is 0.104. The van der Waals surface area contributed by atoms with Crippen LogP contribution in [0.4, 0.5) is 5.69 Å². The molecule has 1 saturated heterocycles. The van der Waals surface area contributed by atoms with Gasteiger partial charge in [-0.15, -0.1) is 6.58 Å². The molecule has 26 heavy (non-hydrogen) atoms. The fourth-order valence-corrected chi connectivity index (χ4v) is 4.22. The Bertz CT molecular complexity index is 773. The van der Waals surface area contributed by atoms with E-state index in [0.29, 0.717) is 12.0 Å². The smallest absolute Gasteiger partial charge is 0.0706 e. The van der Waals surface area contributed by atoms with Crippen molar-refractivity contribution in [3.8, 4) is 0 Å². The first-order chi connectivity index (χ1) is 12.7. The summed E-state index contributed by atoms with van der Waals surface area (Å²) in [6, 6.07) is 8.98. The minimum atomic E-state index is 0.553. The number of likely N-dealkylation sites (tertiary alicyclic amines) is 1. The van der Waals surface area contributed by atoms with Crippen molar-refractivity contribution in [2.24, 2.45) is 11.8 Å². The van der Waals surface area contributed by atoms with Crippen LogP contribution in [0.5, 0.6) is 0 Å². The Balaban J connectivity index is 1.85. The molecule has 0 amide bonds. The molecule has 0 radical (unpaired) electrons. The van der Waals surface area contributed by atoms with Crippen LogP contribution in [-0.4, -0.2) is 34.5 Å².